The van der Waals surface area contributed by atoms with Crippen molar-refractivity contribution in [1.29, 1.82) is 0 Å². The van der Waals surface area contributed by atoms with Crippen molar-refractivity contribution >= 4 is 22.8 Å². The molecular weight excluding hydrogens is 308 g/mol. The van der Waals surface area contributed by atoms with E-state index in [1.54, 1.807) is 18.9 Å². The summed E-state index contributed by atoms with van der Waals surface area (Å²) in [5.74, 6) is 2.71. The Hall–Kier alpha value is -2.14. The number of thioether (sulfide) groups is 1. The smallest absolute Gasteiger partial charge is 0.166 e. The molecule has 3 rings (SSSR count). The second-order valence-electron chi connectivity index (χ2n) is 5.14. The van der Waals surface area contributed by atoms with Crippen molar-refractivity contribution in [3.63, 3.8) is 0 Å². The molecule has 0 bridgehead atoms. The molecule has 23 heavy (non-hydrogen) atoms. The predicted octanol–water partition coefficient (Wildman–Crippen LogP) is 4.52. The zero-order valence-electron chi connectivity index (χ0n) is 13.1. The van der Waals surface area contributed by atoms with Crippen molar-refractivity contribution in [2.45, 2.75) is 18.0 Å². The van der Waals surface area contributed by atoms with Crippen molar-refractivity contribution in [1.82, 2.24) is 9.97 Å². The molecule has 0 aliphatic rings. The number of fused-ring (bicyclic) bond motifs is 1. The zero-order valence-corrected chi connectivity index (χ0v) is 13.9. The summed E-state index contributed by atoms with van der Waals surface area (Å²) in [7, 11) is 1.66. The number of ether oxygens (including phenoxy) is 2. The van der Waals surface area contributed by atoms with E-state index in [0.29, 0.717) is 6.61 Å². The van der Waals surface area contributed by atoms with E-state index in [1.165, 1.54) is 0 Å². The Balaban J connectivity index is 1.36. The van der Waals surface area contributed by atoms with Gasteiger partial charge in [0.2, 0.25) is 0 Å². The summed E-state index contributed by atoms with van der Waals surface area (Å²) >= 11 is 1.76. The number of methoxy groups -OCH3 is 1. The van der Waals surface area contributed by atoms with Crippen LogP contribution in [0.5, 0.6) is 11.5 Å². The monoisotopic (exact) mass is 328 g/mol. The molecule has 1 N–H and O–H groups in total. The van der Waals surface area contributed by atoms with E-state index in [2.05, 4.69) is 9.97 Å². The Morgan fingerprint density at radius 2 is 1.91 bits per heavy atom. The average Bonchev–Trinajstić information content (AvgIpc) is 3.01. The Morgan fingerprint density at radius 3 is 2.78 bits per heavy atom. The van der Waals surface area contributed by atoms with E-state index in [-0.39, 0.29) is 0 Å². The van der Waals surface area contributed by atoms with Crippen LogP contribution >= 0.6 is 11.8 Å². The number of rotatable bonds is 8. The highest BCUT2D eigenvalue weighted by molar-refractivity contribution is 7.99. The fourth-order valence-electron chi connectivity index (χ4n) is 2.25. The van der Waals surface area contributed by atoms with E-state index >= 15 is 0 Å². The minimum Gasteiger partial charge on any atom is -0.497 e. The third-order valence-corrected chi connectivity index (χ3v) is 4.41. The highest BCUT2D eigenvalue weighted by Gasteiger charge is 2.02. The number of hydrogen-bond donors (Lipinski definition) is 1. The first-order chi connectivity index (χ1) is 11.3. The van der Waals surface area contributed by atoms with Gasteiger partial charge in [-0.3, -0.25) is 0 Å². The molecule has 0 amide bonds. The van der Waals surface area contributed by atoms with Gasteiger partial charge in [-0.25, -0.2) is 4.98 Å². The number of aromatic amines is 1. The number of nitrogens with zero attached hydrogens (tertiary/aromatic N) is 1. The third kappa shape index (κ3) is 4.42. The number of aromatic nitrogens is 2. The topological polar surface area (TPSA) is 47.1 Å². The van der Waals surface area contributed by atoms with E-state index in [0.717, 1.165) is 46.3 Å². The van der Waals surface area contributed by atoms with Crippen molar-refractivity contribution in [2.75, 3.05) is 19.5 Å². The number of benzene rings is 2. The Bertz CT molecular complexity index is 724. The predicted molar refractivity (Wildman–Crippen MR) is 94.5 cm³/mol. The molecule has 0 aliphatic carbocycles. The van der Waals surface area contributed by atoms with Gasteiger partial charge >= 0.3 is 0 Å². The number of imidazole rings is 1. The molecule has 120 valence electrons. The minimum atomic E-state index is 0.716. The first-order valence-electron chi connectivity index (χ1n) is 7.69. The Labute approximate surface area is 140 Å². The normalized spacial score (nSPS) is 10.8. The fourth-order valence-corrected chi connectivity index (χ4v) is 3.14. The number of unbranched alkanes of at least 4 members (excludes halogenated alkanes) is 1. The number of para-hydroxylation sites is 2. The van der Waals surface area contributed by atoms with Gasteiger partial charge in [0.05, 0.1) is 24.8 Å². The van der Waals surface area contributed by atoms with Gasteiger partial charge in [-0.2, -0.15) is 0 Å². The van der Waals surface area contributed by atoms with Gasteiger partial charge in [-0.15, -0.1) is 0 Å². The molecule has 3 aromatic rings. The number of hydrogen-bond acceptors (Lipinski definition) is 4. The van der Waals surface area contributed by atoms with Crippen LogP contribution in [0.15, 0.2) is 53.7 Å². The zero-order chi connectivity index (χ0) is 15.9. The summed E-state index contributed by atoms with van der Waals surface area (Å²) in [4.78, 5) is 7.89. The van der Waals surface area contributed by atoms with Gasteiger partial charge in [0, 0.05) is 11.8 Å². The van der Waals surface area contributed by atoms with Gasteiger partial charge in [-0.1, -0.05) is 30.0 Å². The van der Waals surface area contributed by atoms with Crippen molar-refractivity contribution in [2.24, 2.45) is 0 Å². The van der Waals surface area contributed by atoms with Gasteiger partial charge in [0.15, 0.2) is 5.16 Å². The quantitative estimate of drug-likeness (QED) is 0.488. The fraction of sp³-hybridized carbons (Fsp3) is 0.278. The van der Waals surface area contributed by atoms with Gasteiger partial charge < -0.3 is 14.5 Å². The lowest BCUT2D eigenvalue weighted by Gasteiger charge is -2.07. The van der Waals surface area contributed by atoms with E-state index in [9.17, 15) is 0 Å². The Kier molecular flexibility index (Phi) is 5.42. The van der Waals surface area contributed by atoms with E-state index in [1.807, 2.05) is 48.5 Å². The Morgan fingerprint density at radius 1 is 1.04 bits per heavy atom. The molecule has 0 saturated heterocycles. The van der Waals surface area contributed by atoms with E-state index in [4.69, 9.17) is 9.47 Å². The first kappa shape index (κ1) is 15.7. The van der Waals surface area contributed by atoms with Crippen LogP contribution in [0.2, 0.25) is 0 Å². The lowest BCUT2D eigenvalue weighted by molar-refractivity contribution is 0.307. The maximum Gasteiger partial charge on any atom is 0.166 e. The van der Waals surface area contributed by atoms with Crippen LogP contribution in [-0.2, 0) is 0 Å². The second kappa shape index (κ2) is 7.92. The summed E-state index contributed by atoms with van der Waals surface area (Å²) in [5, 5.41) is 0.986. The van der Waals surface area contributed by atoms with Crippen LogP contribution in [0, 0.1) is 0 Å². The van der Waals surface area contributed by atoms with Crippen LogP contribution in [0.4, 0.5) is 0 Å². The van der Waals surface area contributed by atoms with Crippen molar-refractivity contribution in [3.05, 3.63) is 48.5 Å². The third-order valence-electron chi connectivity index (χ3n) is 3.46. The standard InChI is InChI=1S/C18H20N2O2S/c1-21-14-7-6-8-15(13-14)22-11-4-5-12-23-18-19-16-9-2-3-10-17(16)20-18/h2-3,6-10,13H,4-5,11-12H2,1H3,(H,19,20). The van der Waals surface area contributed by atoms with Crippen LogP contribution in [0.25, 0.3) is 11.0 Å². The summed E-state index contributed by atoms with van der Waals surface area (Å²) in [5.41, 5.74) is 2.12. The molecule has 0 radical (unpaired) electrons. The summed E-state index contributed by atoms with van der Waals surface area (Å²) < 4.78 is 10.9. The van der Waals surface area contributed by atoms with Crippen LogP contribution in [0.1, 0.15) is 12.8 Å². The maximum atomic E-state index is 5.74. The summed E-state index contributed by atoms with van der Waals surface area (Å²) in [6.45, 7) is 0.716. The second-order valence-corrected chi connectivity index (χ2v) is 6.23. The van der Waals surface area contributed by atoms with E-state index < -0.39 is 0 Å². The number of H-pyrrole nitrogens is 1. The van der Waals surface area contributed by atoms with Gasteiger partial charge in [0.25, 0.3) is 0 Å². The van der Waals surface area contributed by atoms with Crippen LogP contribution in [0.3, 0.4) is 0 Å². The van der Waals surface area contributed by atoms with Crippen molar-refractivity contribution in [3.8, 4) is 11.5 Å². The molecule has 0 saturated carbocycles. The van der Waals surface area contributed by atoms with Crippen LogP contribution < -0.4 is 9.47 Å². The minimum absolute atomic E-state index is 0.716. The molecule has 1 aromatic heterocycles. The number of nitrogens with one attached hydrogen (secondary N) is 1. The molecule has 0 spiro atoms. The average molecular weight is 328 g/mol. The molecule has 0 atom stereocenters. The highest BCUT2D eigenvalue weighted by Crippen LogP contribution is 2.21. The molecule has 0 aliphatic heterocycles. The lowest BCUT2D eigenvalue weighted by Crippen LogP contribution is -1.98. The van der Waals surface area contributed by atoms with Gasteiger partial charge in [0.1, 0.15) is 11.5 Å². The van der Waals surface area contributed by atoms with Crippen molar-refractivity contribution < 1.29 is 9.47 Å². The molecule has 5 heteroatoms. The molecule has 1 heterocycles. The molecule has 4 nitrogen and oxygen atoms in total. The summed E-state index contributed by atoms with van der Waals surface area (Å²) in [6.07, 6.45) is 2.11. The maximum absolute atomic E-state index is 5.74. The molecule has 0 unspecified atom stereocenters. The van der Waals surface area contributed by atoms with Gasteiger partial charge in [-0.05, 0) is 37.1 Å². The largest absolute Gasteiger partial charge is 0.497 e. The molecular formula is C18H20N2O2S. The SMILES string of the molecule is COc1cccc(OCCCCSc2nc3ccccc3[nH]2)c1. The molecule has 2 aromatic carbocycles. The first-order valence-corrected chi connectivity index (χ1v) is 8.68. The lowest BCUT2D eigenvalue weighted by atomic mass is 10.3. The molecule has 0 fully saturated rings. The van der Waals surface area contributed by atoms with Crippen LogP contribution in [-0.4, -0.2) is 29.4 Å². The summed E-state index contributed by atoms with van der Waals surface area (Å²) in [6, 6.07) is 15.8. The highest BCUT2D eigenvalue weighted by atomic mass is 32.2.